The molecule has 6 rings (SSSR count). The standard InChI is InChI=1S/C25H17N5.La/c1-2-18-12-20-5-6-22(29-20)15-25-24(16-7-9-26-10-8-16)14-23(30-25)13-21-4-3-19(28-21)11-17(1)27-18;/h1-15,27,30H;. The van der Waals surface area contributed by atoms with Crippen molar-refractivity contribution in [3.63, 3.8) is 0 Å². The summed E-state index contributed by atoms with van der Waals surface area (Å²) in [5, 5.41) is 0. The van der Waals surface area contributed by atoms with E-state index in [2.05, 4.69) is 45.3 Å². The fourth-order valence-corrected chi connectivity index (χ4v) is 3.79. The Balaban J connectivity index is 0.00000204. The topological polar surface area (TPSA) is 70.2 Å². The molecule has 0 aliphatic carbocycles. The summed E-state index contributed by atoms with van der Waals surface area (Å²) in [6, 6.07) is 18.5. The number of H-pyrrole nitrogens is 2. The second kappa shape index (κ2) is 8.23. The van der Waals surface area contributed by atoms with Crippen molar-refractivity contribution in [2.75, 3.05) is 0 Å². The first kappa shape index (κ1) is 19.9. The molecule has 4 aromatic rings. The third kappa shape index (κ3) is 4.10. The van der Waals surface area contributed by atoms with Crippen LogP contribution < -0.4 is 0 Å². The van der Waals surface area contributed by atoms with Gasteiger partial charge < -0.3 is 9.97 Å². The SMILES string of the molecule is C1=Cc2cc3cc(-c4ccncc4)c(cc4nc(cc5ccc(cc1n2)[nH]5)C=C4)[nH]3.[La]. The Morgan fingerprint density at radius 1 is 0.548 bits per heavy atom. The van der Waals surface area contributed by atoms with Crippen LogP contribution in [0.4, 0.5) is 0 Å². The zero-order chi connectivity index (χ0) is 19.9. The zero-order valence-electron chi connectivity index (χ0n) is 16.6. The van der Waals surface area contributed by atoms with E-state index in [1.165, 1.54) is 0 Å². The van der Waals surface area contributed by atoms with Gasteiger partial charge in [-0.25, -0.2) is 9.97 Å². The van der Waals surface area contributed by atoms with Crippen LogP contribution in [0.3, 0.4) is 0 Å². The zero-order valence-corrected chi connectivity index (χ0v) is 20.2. The van der Waals surface area contributed by atoms with Gasteiger partial charge >= 0.3 is 0 Å². The predicted molar refractivity (Wildman–Crippen MR) is 122 cm³/mol. The van der Waals surface area contributed by atoms with Crippen LogP contribution in [0, 0.1) is 35.6 Å². The van der Waals surface area contributed by atoms with Gasteiger partial charge in [-0.3, -0.25) is 4.98 Å². The number of nitrogens with zero attached hydrogens (tertiary/aromatic N) is 3. The molecule has 0 fully saturated rings. The molecule has 5 nitrogen and oxygen atoms in total. The van der Waals surface area contributed by atoms with Crippen LogP contribution in [-0.4, -0.2) is 24.9 Å². The number of aromatic nitrogens is 5. The molecular weight excluding hydrogens is 509 g/mol. The van der Waals surface area contributed by atoms with E-state index in [1.807, 2.05) is 61.0 Å². The summed E-state index contributed by atoms with van der Waals surface area (Å²) in [7, 11) is 0. The maximum Gasteiger partial charge on any atom is 0.0658 e. The number of pyridine rings is 1. The molecule has 31 heavy (non-hydrogen) atoms. The van der Waals surface area contributed by atoms with Crippen LogP contribution in [-0.2, 0) is 0 Å². The van der Waals surface area contributed by atoms with E-state index in [4.69, 9.17) is 9.97 Å². The molecule has 0 atom stereocenters. The molecule has 1 radical (unpaired) electrons. The van der Waals surface area contributed by atoms with Crippen molar-refractivity contribution in [3.05, 3.63) is 89.8 Å². The van der Waals surface area contributed by atoms with Crippen molar-refractivity contribution in [3.8, 4) is 11.1 Å². The van der Waals surface area contributed by atoms with Crippen LogP contribution in [0.2, 0.25) is 0 Å². The first-order chi connectivity index (χ1) is 14.8. The molecule has 6 heterocycles. The number of hydrogen-bond donors (Lipinski definition) is 2. The first-order valence-electron chi connectivity index (χ1n) is 9.77. The van der Waals surface area contributed by atoms with E-state index in [0.717, 1.165) is 56.0 Å². The maximum atomic E-state index is 4.76. The van der Waals surface area contributed by atoms with Crippen LogP contribution in [0.15, 0.2) is 67.0 Å². The summed E-state index contributed by atoms with van der Waals surface area (Å²) >= 11 is 0. The van der Waals surface area contributed by atoms with Crippen molar-refractivity contribution in [1.29, 1.82) is 0 Å². The Morgan fingerprint density at radius 3 is 1.71 bits per heavy atom. The minimum atomic E-state index is 0. The van der Waals surface area contributed by atoms with Crippen LogP contribution in [0.25, 0.3) is 57.5 Å². The van der Waals surface area contributed by atoms with E-state index in [9.17, 15) is 0 Å². The fourth-order valence-electron chi connectivity index (χ4n) is 3.79. The molecule has 8 bridgehead atoms. The van der Waals surface area contributed by atoms with Gasteiger partial charge in [0.1, 0.15) is 0 Å². The molecule has 2 aliphatic rings. The second-order valence-electron chi connectivity index (χ2n) is 7.32. The van der Waals surface area contributed by atoms with Gasteiger partial charge in [-0.15, -0.1) is 0 Å². The Kier molecular flexibility index (Phi) is 5.28. The molecule has 145 valence electrons. The van der Waals surface area contributed by atoms with Gasteiger partial charge in [-0.2, -0.15) is 0 Å². The Hall–Kier alpha value is -3.06. The second-order valence-corrected chi connectivity index (χ2v) is 7.32. The van der Waals surface area contributed by atoms with Crippen molar-refractivity contribution in [2.45, 2.75) is 0 Å². The monoisotopic (exact) mass is 526 g/mol. The average molecular weight is 526 g/mol. The molecule has 2 N–H and O–H groups in total. The quantitative estimate of drug-likeness (QED) is 0.288. The summed E-state index contributed by atoms with van der Waals surface area (Å²) < 4.78 is 0. The number of hydrogen-bond acceptors (Lipinski definition) is 3. The van der Waals surface area contributed by atoms with Gasteiger partial charge in [0, 0.05) is 75.6 Å². The number of fused-ring (bicyclic) bond motifs is 8. The number of nitrogens with one attached hydrogen (secondary N) is 2. The summed E-state index contributed by atoms with van der Waals surface area (Å²) in [5.41, 5.74) is 9.88. The van der Waals surface area contributed by atoms with Crippen LogP contribution in [0.5, 0.6) is 0 Å². The molecular formula is C25H17LaN5. The fraction of sp³-hybridized carbons (Fsp3) is 0. The van der Waals surface area contributed by atoms with Gasteiger partial charge in [-0.05, 0) is 84.5 Å². The van der Waals surface area contributed by atoms with E-state index >= 15 is 0 Å². The minimum Gasteiger partial charge on any atom is -0.355 e. The molecule has 4 aromatic heterocycles. The van der Waals surface area contributed by atoms with Gasteiger partial charge in [0.05, 0.1) is 22.8 Å². The molecule has 0 saturated heterocycles. The predicted octanol–water partition coefficient (Wildman–Crippen LogP) is 5.72. The smallest absolute Gasteiger partial charge is 0.0658 e. The van der Waals surface area contributed by atoms with E-state index in [1.54, 1.807) is 0 Å². The summed E-state index contributed by atoms with van der Waals surface area (Å²) in [5.74, 6) is 0. The maximum absolute atomic E-state index is 4.76. The van der Waals surface area contributed by atoms with Crippen molar-refractivity contribution >= 4 is 46.4 Å². The normalized spacial score (nSPS) is 12.0. The van der Waals surface area contributed by atoms with Gasteiger partial charge in [-0.1, -0.05) is 0 Å². The molecule has 0 aromatic carbocycles. The number of aromatic amines is 2. The number of rotatable bonds is 1. The third-order valence-corrected chi connectivity index (χ3v) is 5.16. The van der Waals surface area contributed by atoms with E-state index < -0.39 is 0 Å². The Morgan fingerprint density at radius 2 is 1.10 bits per heavy atom. The molecule has 0 spiro atoms. The van der Waals surface area contributed by atoms with Gasteiger partial charge in [0.25, 0.3) is 0 Å². The molecule has 2 aliphatic heterocycles. The molecule has 0 unspecified atom stereocenters. The van der Waals surface area contributed by atoms with Crippen molar-refractivity contribution < 1.29 is 35.6 Å². The molecule has 6 heteroatoms. The van der Waals surface area contributed by atoms with Crippen molar-refractivity contribution in [1.82, 2.24) is 24.9 Å². The van der Waals surface area contributed by atoms with Gasteiger partial charge in [0.15, 0.2) is 0 Å². The van der Waals surface area contributed by atoms with Crippen LogP contribution in [0.1, 0.15) is 22.8 Å². The van der Waals surface area contributed by atoms with Crippen LogP contribution >= 0.6 is 0 Å². The first-order valence-corrected chi connectivity index (χ1v) is 9.77. The largest absolute Gasteiger partial charge is 0.355 e. The Labute approximate surface area is 206 Å². The minimum absolute atomic E-state index is 0. The average Bonchev–Trinajstić information content (AvgIpc) is 3.53. The molecule has 0 saturated carbocycles. The van der Waals surface area contributed by atoms with Crippen molar-refractivity contribution in [2.24, 2.45) is 0 Å². The summed E-state index contributed by atoms with van der Waals surface area (Å²) in [6.07, 6.45) is 11.7. The van der Waals surface area contributed by atoms with E-state index in [0.29, 0.717) is 0 Å². The van der Waals surface area contributed by atoms with E-state index in [-0.39, 0.29) is 35.6 Å². The van der Waals surface area contributed by atoms with Gasteiger partial charge in [0.2, 0.25) is 0 Å². The Bertz CT molecular complexity index is 1490. The third-order valence-electron chi connectivity index (χ3n) is 5.16. The summed E-state index contributed by atoms with van der Waals surface area (Å²) in [4.78, 5) is 20.6. The summed E-state index contributed by atoms with van der Waals surface area (Å²) in [6.45, 7) is 0. The molecule has 0 amide bonds.